The van der Waals surface area contributed by atoms with E-state index in [1.165, 1.54) is 10.4 Å². The van der Waals surface area contributed by atoms with Crippen molar-refractivity contribution in [2.45, 2.75) is 25.8 Å². The van der Waals surface area contributed by atoms with Crippen LogP contribution in [0.5, 0.6) is 0 Å². The van der Waals surface area contributed by atoms with Crippen LogP contribution in [0.4, 0.5) is 0 Å². The van der Waals surface area contributed by atoms with Gasteiger partial charge in [0.25, 0.3) is 0 Å². The van der Waals surface area contributed by atoms with Gasteiger partial charge >= 0.3 is 0 Å². The first-order valence-corrected chi connectivity index (χ1v) is 8.76. The fourth-order valence-corrected chi connectivity index (χ4v) is 4.42. The second-order valence-electron chi connectivity index (χ2n) is 6.17. The lowest BCUT2D eigenvalue weighted by atomic mass is 9.91. The van der Waals surface area contributed by atoms with Crippen molar-refractivity contribution in [2.24, 2.45) is 4.99 Å². The highest BCUT2D eigenvalue weighted by molar-refractivity contribution is 7.12. The quantitative estimate of drug-likeness (QED) is 0.789. The molecule has 1 fully saturated rings. The van der Waals surface area contributed by atoms with Crippen LogP contribution in [0.3, 0.4) is 0 Å². The number of rotatable bonds is 1. The Morgan fingerprint density at radius 3 is 2.52 bits per heavy atom. The lowest BCUT2D eigenvalue weighted by molar-refractivity contribution is -0.139. The molecule has 3 nitrogen and oxygen atoms in total. The molecule has 0 amide bonds. The number of hydrogen-bond acceptors (Lipinski definition) is 4. The van der Waals surface area contributed by atoms with E-state index in [0.717, 1.165) is 21.7 Å². The molecule has 0 bridgehead atoms. The molecule has 2 aromatic rings. The van der Waals surface area contributed by atoms with Crippen molar-refractivity contribution in [3.05, 3.63) is 55.7 Å². The second kappa shape index (κ2) is 5.26. The standard InChI is InChI=1S/C18H16ClNO2S/c1-10-11(2)23-14-7-15(21)18(8-22-9-18)20-17(16(10)14)12-3-5-13(19)6-4-12/h3-6H,7-9H2,1-2H3. The number of nitrogens with zero attached hydrogens (tertiary/aromatic N) is 1. The molecule has 0 radical (unpaired) electrons. The maximum atomic E-state index is 12.7. The summed E-state index contributed by atoms with van der Waals surface area (Å²) in [5.74, 6) is 0.162. The van der Waals surface area contributed by atoms with Gasteiger partial charge in [-0.1, -0.05) is 23.7 Å². The highest BCUT2D eigenvalue weighted by atomic mass is 35.5. The van der Waals surface area contributed by atoms with Crippen LogP contribution in [0.2, 0.25) is 5.02 Å². The molecule has 2 aliphatic rings. The Hall–Kier alpha value is -1.49. The zero-order chi connectivity index (χ0) is 16.2. The summed E-state index contributed by atoms with van der Waals surface area (Å²) in [5.41, 5.74) is 3.52. The summed E-state index contributed by atoms with van der Waals surface area (Å²) in [7, 11) is 0. The van der Waals surface area contributed by atoms with Gasteiger partial charge in [-0.3, -0.25) is 9.79 Å². The van der Waals surface area contributed by atoms with Gasteiger partial charge in [-0.05, 0) is 31.5 Å². The minimum atomic E-state index is -0.700. The average molecular weight is 346 g/mol. The fourth-order valence-electron chi connectivity index (χ4n) is 3.11. The van der Waals surface area contributed by atoms with Crippen molar-refractivity contribution >= 4 is 34.4 Å². The van der Waals surface area contributed by atoms with Crippen molar-refractivity contribution in [1.82, 2.24) is 0 Å². The van der Waals surface area contributed by atoms with Crippen LogP contribution in [0.25, 0.3) is 0 Å². The van der Waals surface area contributed by atoms with Gasteiger partial charge in [0.2, 0.25) is 0 Å². The molecule has 0 aliphatic carbocycles. The third kappa shape index (κ3) is 2.28. The number of Topliss-reactive ketones (excluding diaryl/α,β-unsaturated/α-hetero) is 1. The zero-order valence-electron chi connectivity index (χ0n) is 13.0. The predicted octanol–water partition coefficient (Wildman–Crippen LogP) is 3.75. The third-order valence-corrected chi connectivity index (χ3v) is 6.12. The van der Waals surface area contributed by atoms with E-state index in [9.17, 15) is 4.79 Å². The maximum absolute atomic E-state index is 12.7. The summed E-state index contributed by atoms with van der Waals surface area (Å²) in [5, 5.41) is 0.694. The van der Waals surface area contributed by atoms with Crippen LogP contribution in [-0.4, -0.2) is 30.2 Å². The molecule has 5 heteroatoms. The molecule has 23 heavy (non-hydrogen) atoms. The normalized spacial score (nSPS) is 19.1. The molecular formula is C18H16ClNO2S. The molecule has 3 heterocycles. The first-order valence-electron chi connectivity index (χ1n) is 7.56. The van der Waals surface area contributed by atoms with Gasteiger partial charge in [-0.25, -0.2) is 0 Å². The van der Waals surface area contributed by atoms with E-state index in [2.05, 4.69) is 13.8 Å². The lowest BCUT2D eigenvalue weighted by Gasteiger charge is -2.36. The van der Waals surface area contributed by atoms with Crippen LogP contribution < -0.4 is 0 Å². The third-order valence-electron chi connectivity index (χ3n) is 4.66. The van der Waals surface area contributed by atoms with Crippen molar-refractivity contribution < 1.29 is 9.53 Å². The van der Waals surface area contributed by atoms with Crippen LogP contribution in [0, 0.1) is 13.8 Å². The zero-order valence-corrected chi connectivity index (χ0v) is 14.6. The van der Waals surface area contributed by atoms with Gasteiger partial charge in [-0.2, -0.15) is 0 Å². The Morgan fingerprint density at radius 2 is 1.91 bits per heavy atom. The largest absolute Gasteiger partial charge is 0.375 e. The van der Waals surface area contributed by atoms with Crippen molar-refractivity contribution in [3.8, 4) is 0 Å². The number of aliphatic imine (C=N–C) groups is 1. The summed E-state index contributed by atoms with van der Waals surface area (Å²) in [4.78, 5) is 20.0. The molecular weight excluding hydrogens is 330 g/mol. The molecule has 1 saturated heterocycles. The van der Waals surface area contributed by atoms with E-state index in [1.54, 1.807) is 11.3 Å². The molecule has 0 atom stereocenters. The number of halogens is 1. The molecule has 0 unspecified atom stereocenters. The molecule has 0 N–H and O–H groups in total. The summed E-state index contributed by atoms with van der Waals surface area (Å²) in [6.07, 6.45) is 0.443. The molecule has 0 saturated carbocycles. The minimum absolute atomic E-state index is 0.162. The Morgan fingerprint density at radius 1 is 1.22 bits per heavy atom. The SMILES string of the molecule is Cc1sc2c(c1C)C(c1ccc(Cl)cc1)=NC1(COC1)C(=O)C2. The number of ether oxygens (including phenoxy) is 1. The van der Waals surface area contributed by atoms with E-state index in [1.807, 2.05) is 24.3 Å². The van der Waals surface area contributed by atoms with E-state index in [4.69, 9.17) is 21.3 Å². The van der Waals surface area contributed by atoms with Crippen LogP contribution in [0.15, 0.2) is 29.3 Å². The Kier molecular flexibility index (Phi) is 3.45. The number of ketones is 1. The number of benzene rings is 1. The monoisotopic (exact) mass is 345 g/mol. The Bertz CT molecular complexity index is 831. The van der Waals surface area contributed by atoms with Crippen LogP contribution in [-0.2, 0) is 16.0 Å². The van der Waals surface area contributed by atoms with E-state index in [0.29, 0.717) is 24.7 Å². The summed E-state index contributed by atoms with van der Waals surface area (Å²) in [6.45, 7) is 4.97. The molecule has 4 rings (SSSR count). The smallest absolute Gasteiger partial charge is 0.170 e. The first-order chi connectivity index (χ1) is 11.0. The summed E-state index contributed by atoms with van der Waals surface area (Å²) in [6, 6.07) is 7.68. The number of carbonyl (C=O) groups excluding carboxylic acids is 1. The molecule has 118 valence electrons. The molecule has 1 spiro atoms. The van der Waals surface area contributed by atoms with Crippen molar-refractivity contribution in [3.63, 3.8) is 0 Å². The second-order valence-corrected chi connectivity index (χ2v) is 7.92. The predicted molar refractivity (Wildman–Crippen MR) is 93.1 cm³/mol. The van der Waals surface area contributed by atoms with Gasteiger partial charge in [0, 0.05) is 32.3 Å². The fraction of sp³-hybridized carbons (Fsp3) is 0.333. The number of thiophene rings is 1. The number of carbonyl (C=O) groups is 1. The van der Waals surface area contributed by atoms with E-state index < -0.39 is 5.54 Å². The van der Waals surface area contributed by atoms with E-state index in [-0.39, 0.29) is 5.78 Å². The molecule has 1 aromatic carbocycles. The van der Waals surface area contributed by atoms with Crippen molar-refractivity contribution in [2.75, 3.05) is 13.2 Å². The van der Waals surface area contributed by atoms with Gasteiger partial charge in [0.05, 0.1) is 18.9 Å². The molecule has 2 aliphatic heterocycles. The van der Waals surface area contributed by atoms with Gasteiger partial charge < -0.3 is 4.74 Å². The number of fused-ring (bicyclic) bond motifs is 1. The highest BCUT2D eigenvalue weighted by Crippen LogP contribution is 2.37. The lowest BCUT2D eigenvalue weighted by Crippen LogP contribution is -2.55. The Labute approximate surface area is 144 Å². The number of hydrogen-bond donors (Lipinski definition) is 0. The van der Waals surface area contributed by atoms with Crippen LogP contribution >= 0.6 is 22.9 Å². The van der Waals surface area contributed by atoms with Gasteiger partial charge in [0.1, 0.15) is 0 Å². The average Bonchev–Trinajstić information content (AvgIpc) is 2.67. The van der Waals surface area contributed by atoms with Crippen molar-refractivity contribution in [1.29, 1.82) is 0 Å². The van der Waals surface area contributed by atoms with E-state index >= 15 is 0 Å². The van der Waals surface area contributed by atoms with Gasteiger partial charge in [0.15, 0.2) is 11.3 Å². The van der Waals surface area contributed by atoms with Gasteiger partial charge in [-0.15, -0.1) is 11.3 Å². The molecule has 1 aromatic heterocycles. The maximum Gasteiger partial charge on any atom is 0.170 e. The highest BCUT2D eigenvalue weighted by Gasteiger charge is 2.48. The topological polar surface area (TPSA) is 38.7 Å². The summed E-state index contributed by atoms with van der Waals surface area (Å²) >= 11 is 7.73. The summed E-state index contributed by atoms with van der Waals surface area (Å²) < 4.78 is 5.33. The first kappa shape index (κ1) is 15.1. The Balaban J connectivity index is 1.96. The van der Waals surface area contributed by atoms with Crippen LogP contribution in [0.1, 0.15) is 26.4 Å². The minimum Gasteiger partial charge on any atom is -0.375 e. The number of aryl methyl sites for hydroxylation is 1.